The van der Waals surface area contributed by atoms with Gasteiger partial charge in [0.1, 0.15) is 0 Å². The lowest BCUT2D eigenvalue weighted by Gasteiger charge is -2.31. The van der Waals surface area contributed by atoms with E-state index >= 15 is 0 Å². The fourth-order valence-corrected chi connectivity index (χ4v) is 2.51. The molecule has 2 rings (SSSR count). The lowest BCUT2D eigenvalue weighted by atomic mass is 9.96. The van der Waals surface area contributed by atoms with Crippen LogP contribution in [0.2, 0.25) is 0 Å². The van der Waals surface area contributed by atoms with Crippen molar-refractivity contribution in [3.63, 3.8) is 0 Å². The third kappa shape index (κ3) is 3.69. The van der Waals surface area contributed by atoms with Gasteiger partial charge < -0.3 is 20.2 Å². The van der Waals surface area contributed by atoms with Crippen molar-refractivity contribution in [3.8, 4) is 0 Å². The molecule has 0 radical (unpaired) electrons. The van der Waals surface area contributed by atoms with Gasteiger partial charge in [-0.25, -0.2) is 4.79 Å². The molecule has 2 N–H and O–H groups in total. The predicted molar refractivity (Wildman–Crippen MR) is 72.4 cm³/mol. The number of hydrogen-bond acceptors (Lipinski definition) is 5. The van der Waals surface area contributed by atoms with E-state index in [9.17, 15) is 9.59 Å². The number of hydrogen-bond donors (Lipinski definition) is 2. The van der Waals surface area contributed by atoms with Crippen molar-refractivity contribution < 1.29 is 19.5 Å². The molecule has 0 bridgehead atoms. The van der Waals surface area contributed by atoms with Gasteiger partial charge in [-0.3, -0.25) is 4.79 Å². The number of aliphatic carboxylic acids is 1. The first-order chi connectivity index (χ1) is 9.60. The Morgan fingerprint density at radius 1 is 1.45 bits per heavy atom. The minimum atomic E-state index is -1.13. The van der Waals surface area contributed by atoms with Crippen molar-refractivity contribution in [1.29, 1.82) is 0 Å². The molecule has 1 unspecified atom stereocenters. The molecular weight excluding hydrogens is 262 g/mol. The first kappa shape index (κ1) is 14.8. The summed E-state index contributed by atoms with van der Waals surface area (Å²) in [5, 5.41) is 15.0. The summed E-state index contributed by atoms with van der Waals surface area (Å²) in [6.07, 6.45) is 1.40. The summed E-state index contributed by atoms with van der Waals surface area (Å²) in [6, 6.07) is 0. The molecule has 0 saturated carbocycles. The molecular formula is C13H21N3O4. The molecule has 1 amide bonds. The molecule has 7 nitrogen and oxygen atoms in total. The van der Waals surface area contributed by atoms with Crippen LogP contribution in [0.15, 0.2) is 5.16 Å². The molecule has 7 heteroatoms. The number of piperidine rings is 1. The van der Waals surface area contributed by atoms with Crippen LogP contribution in [0.3, 0.4) is 0 Å². The summed E-state index contributed by atoms with van der Waals surface area (Å²) in [5.74, 6) is -0.918. The SMILES string of the molecule is CCN1CCC(CNC(=O)C2CC(C(=O)O)=NO2)CC1. The van der Waals surface area contributed by atoms with Crippen LogP contribution in [0.1, 0.15) is 26.2 Å². The van der Waals surface area contributed by atoms with Gasteiger partial charge in [-0.2, -0.15) is 0 Å². The van der Waals surface area contributed by atoms with Crippen molar-refractivity contribution in [2.45, 2.75) is 32.3 Å². The summed E-state index contributed by atoms with van der Waals surface area (Å²) in [7, 11) is 0. The van der Waals surface area contributed by atoms with E-state index in [1.807, 2.05) is 0 Å². The number of rotatable bonds is 5. The lowest BCUT2D eigenvalue weighted by molar-refractivity contribution is -0.131. The molecule has 2 aliphatic heterocycles. The number of carboxylic acid groups (broad SMARTS) is 1. The monoisotopic (exact) mass is 283 g/mol. The summed E-state index contributed by atoms with van der Waals surface area (Å²) < 4.78 is 0. The Kier molecular flexibility index (Phi) is 4.94. The van der Waals surface area contributed by atoms with Crippen LogP contribution in [0.4, 0.5) is 0 Å². The van der Waals surface area contributed by atoms with Crippen LogP contribution in [0.25, 0.3) is 0 Å². The Morgan fingerprint density at radius 3 is 2.70 bits per heavy atom. The molecule has 2 aliphatic rings. The van der Waals surface area contributed by atoms with Crippen LogP contribution >= 0.6 is 0 Å². The normalized spacial score (nSPS) is 24.1. The molecule has 1 saturated heterocycles. The van der Waals surface area contributed by atoms with Gasteiger partial charge in [-0.15, -0.1) is 0 Å². The Morgan fingerprint density at radius 2 is 2.15 bits per heavy atom. The first-order valence-corrected chi connectivity index (χ1v) is 7.06. The van der Waals surface area contributed by atoms with Gasteiger partial charge in [0.05, 0.1) is 0 Å². The minimum Gasteiger partial charge on any atom is -0.477 e. The molecule has 2 heterocycles. The Hall–Kier alpha value is -1.63. The lowest BCUT2D eigenvalue weighted by Crippen LogP contribution is -2.41. The zero-order valence-corrected chi connectivity index (χ0v) is 11.7. The second kappa shape index (κ2) is 6.69. The molecule has 20 heavy (non-hydrogen) atoms. The number of nitrogens with one attached hydrogen (secondary N) is 1. The van der Waals surface area contributed by atoms with Crippen molar-refractivity contribution in [2.24, 2.45) is 11.1 Å². The van der Waals surface area contributed by atoms with Crippen LogP contribution < -0.4 is 5.32 Å². The van der Waals surface area contributed by atoms with E-state index in [2.05, 4.69) is 22.3 Å². The second-order valence-corrected chi connectivity index (χ2v) is 5.26. The number of oxime groups is 1. The standard InChI is InChI=1S/C13H21N3O4/c1-2-16-5-3-9(4-6-16)8-14-12(17)11-7-10(13(18)19)15-20-11/h9,11H,2-8H2,1H3,(H,14,17)(H,18,19). The number of carboxylic acids is 1. The maximum Gasteiger partial charge on any atom is 0.353 e. The van der Waals surface area contributed by atoms with E-state index in [1.165, 1.54) is 0 Å². The smallest absolute Gasteiger partial charge is 0.353 e. The van der Waals surface area contributed by atoms with E-state index in [0.29, 0.717) is 12.5 Å². The minimum absolute atomic E-state index is 0.0371. The highest BCUT2D eigenvalue weighted by molar-refractivity contribution is 6.36. The van der Waals surface area contributed by atoms with E-state index in [1.54, 1.807) is 0 Å². The molecule has 0 aromatic heterocycles. The van der Waals surface area contributed by atoms with Crippen molar-refractivity contribution in [1.82, 2.24) is 10.2 Å². The Bertz CT molecular complexity index is 402. The summed E-state index contributed by atoms with van der Waals surface area (Å²) in [4.78, 5) is 29.8. The predicted octanol–water partition coefficient (Wildman–Crippen LogP) is 0.0640. The largest absolute Gasteiger partial charge is 0.477 e. The number of likely N-dealkylation sites (tertiary alicyclic amines) is 1. The fourth-order valence-electron chi connectivity index (χ4n) is 2.51. The third-order valence-corrected chi connectivity index (χ3v) is 3.93. The van der Waals surface area contributed by atoms with Crippen LogP contribution in [-0.2, 0) is 14.4 Å². The van der Waals surface area contributed by atoms with Crippen molar-refractivity contribution >= 4 is 17.6 Å². The molecule has 0 aromatic rings. The van der Waals surface area contributed by atoms with Crippen LogP contribution in [0, 0.1) is 5.92 Å². The van der Waals surface area contributed by atoms with Gasteiger partial charge in [0.25, 0.3) is 5.91 Å². The van der Waals surface area contributed by atoms with Gasteiger partial charge >= 0.3 is 5.97 Å². The van der Waals surface area contributed by atoms with E-state index in [4.69, 9.17) is 9.94 Å². The highest BCUT2D eigenvalue weighted by Crippen LogP contribution is 2.16. The zero-order valence-electron chi connectivity index (χ0n) is 11.7. The van der Waals surface area contributed by atoms with Gasteiger partial charge in [-0.05, 0) is 38.4 Å². The maximum atomic E-state index is 11.9. The molecule has 112 valence electrons. The Labute approximate surface area is 117 Å². The quantitative estimate of drug-likeness (QED) is 0.744. The van der Waals surface area contributed by atoms with Gasteiger partial charge in [-0.1, -0.05) is 12.1 Å². The molecule has 0 aliphatic carbocycles. The van der Waals surface area contributed by atoms with E-state index < -0.39 is 12.1 Å². The summed E-state index contributed by atoms with van der Waals surface area (Å²) in [5.41, 5.74) is -0.0959. The topological polar surface area (TPSA) is 91.2 Å². The molecule has 0 spiro atoms. The highest BCUT2D eigenvalue weighted by atomic mass is 16.6. The average molecular weight is 283 g/mol. The van der Waals surface area contributed by atoms with Crippen molar-refractivity contribution in [2.75, 3.05) is 26.2 Å². The Balaban J connectivity index is 1.68. The van der Waals surface area contributed by atoms with E-state index in [0.717, 1.165) is 32.5 Å². The van der Waals surface area contributed by atoms with Crippen LogP contribution in [-0.4, -0.2) is 59.9 Å². The molecule has 1 atom stereocenters. The van der Waals surface area contributed by atoms with Gasteiger partial charge in [0, 0.05) is 13.0 Å². The number of nitrogens with zero attached hydrogens (tertiary/aromatic N) is 2. The number of amides is 1. The summed E-state index contributed by atoms with van der Waals surface area (Å²) >= 11 is 0. The third-order valence-electron chi connectivity index (χ3n) is 3.93. The fraction of sp³-hybridized carbons (Fsp3) is 0.769. The van der Waals surface area contributed by atoms with Crippen LogP contribution in [0.5, 0.6) is 0 Å². The average Bonchev–Trinajstić information content (AvgIpc) is 2.95. The number of carbonyl (C=O) groups is 2. The molecule has 0 aromatic carbocycles. The number of carbonyl (C=O) groups excluding carboxylic acids is 1. The van der Waals surface area contributed by atoms with Gasteiger partial charge in [0.15, 0.2) is 5.71 Å². The van der Waals surface area contributed by atoms with Crippen molar-refractivity contribution in [3.05, 3.63) is 0 Å². The molecule has 1 fully saturated rings. The first-order valence-electron chi connectivity index (χ1n) is 7.06. The maximum absolute atomic E-state index is 11.9. The van der Waals surface area contributed by atoms with E-state index in [-0.39, 0.29) is 18.0 Å². The highest BCUT2D eigenvalue weighted by Gasteiger charge is 2.31. The zero-order chi connectivity index (χ0) is 14.5. The summed E-state index contributed by atoms with van der Waals surface area (Å²) in [6.45, 7) is 6.00. The van der Waals surface area contributed by atoms with Gasteiger partial charge in [0.2, 0.25) is 6.10 Å². The second-order valence-electron chi connectivity index (χ2n) is 5.26.